The van der Waals surface area contributed by atoms with E-state index in [1.54, 1.807) is 12.1 Å². The molecule has 0 bridgehead atoms. The quantitative estimate of drug-likeness (QED) is 0.278. The molecule has 1 unspecified atom stereocenters. The van der Waals surface area contributed by atoms with Crippen LogP contribution in [-0.4, -0.2) is 29.4 Å². The third-order valence-corrected chi connectivity index (χ3v) is 8.21. The predicted octanol–water partition coefficient (Wildman–Crippen LogP) is 8.37. The first-order valence-electron chi connectivity index (χ1n) is 14.1. The number of methoxy groups -OCH3 is 1. The van der Waals surface area contributed by atoms with Crippen molar-refractivity contribution in [2.24, 2.45) is 0 Å². The standard InChI is InChI=1S/C33H44O4/c1-6-17-33(36-5,22-23(2)25-10-14-27(15-11-25)31(34)35)18-8-7-9-24-20-28-16-19-32(3,4)37-30(28)29(21-24)26-12-13-26/h10-11,14-15,20-21,26H,2,6-9,12-13,16-19,22H2,1,3-5H3,(H,34,35). The van der Waals surface area contributed by atoms with E-state index in [0.29, 0.717) is 11.5 Å². The van der Waals surface area contributed by atoms with E-state index in [1.165, 1.54) is 35.3 Å². The zero-order chi connectivity index (χ0) is 26.6. The van der Waals surface area contributed by atoms with Crippen molar-refractivity contribution in [3.63, 3.8) is 0 Å². The van der Waals surface area contributed by atoms with Crippen molar-refractivity contribution in [1.82, 2.24) is 0 Å². The van der Waals surface area contributed by atoms with Gasteiger partial charge in [-0.1, -0.05) is 50.6 Å². The molecule has 2 aromatic rings. The van der Waals surface area contributed by atoms with Crippen molar-refractivity contribution in [2.45, 2.75) is 109 Å². The first-order valence-corrected chi connectivity index (χ1v) is 14.1. The molecule has 1 saturated carbocycles. The molecule has 0 aromatic heterocycles. The van der Waals surface area contributed by atoms with Crippen molar-refractivity contribution in [3.8, 4) is 5.75 Å². The topological polar surface area (TPSA) is 55.8 Å². The number of benzene rings is 2. The molecule has 2 aromatic carbocycles. The van der Waals surface area contributed by atoms with Crippen LogP contribution in [0.2, 0.25) is 0 Å². The van der Waals surface area contributed by atoms with Crippen LogP contribution < -0.4 is 4.74 Å². The number of unbranched alkanes of at least 4 members (excludes halogenated alkanes) is 1. The van der Waals surface area contributed by atoms with Crippen LogP contribution in [0.5, 0.6) is 5.75 Å². The molecule has 0 spiro atoms. The van der Waals surface area contributed by atoms with Gasteiger partial charge in [0.25, 0.3) is 0 Å². The second-order valence-electron chi connectivity index (χ2n) is 11.8. The van der Waals surface area contributed by atoms with Gasteiger partial charge in [-0.05, 0) is 111 Å². The molecule has 4 rings (SSSR count). The highest BCUT2D eigenvalue weighted by molar-refractivity contribution is 5.88. The van der Waals surface area contributed by atoms with Crippen molar-refractivity contribution in [2.75, 3.05) is 7.11 Å². The minimum Gasteiger partial charge on any atom is -0.487 e. The molecule has 0 amide bonds. The van der Waals surface area contributed by atoms with Gasteiger partial charge in [-0.3, -0.25) is 0 Å². The molecule has 1 atom stereocenters. The van der Waals surface area contributed by atoms with Crippen molar-refractivity contribution in [1.29, 1.82) is 0 Å². The summed E-state index contributed by atoms with van der Waals surface area (Å²) in [5.74, 6) is 0.955. The Kier molecular flexibility index (Phi) is 8.48. The van der Waals surface area contributed by atoms with Crippen LogP contribution in [0.3, 0.4) is 0 Å². The molecule has 37 heavy (non-hydrogen) atoms. The van der Waals surface area contributed by atoms with Crippen LogP contribution in [0.25, 0.3) is 5.57 Å². The fourth-order valence-corrected chi connectivity index (χ4v) is 5.85. The van der Waals surface area contributed by atoms with Gasteiger partial charge in [0.15, 0.2) is 0 Å². The highest BCUT2D eigenvalue weighted by atomic mass is 16.5. The van der Waals surface area contributed by atoms with Gasteiger partial charge in [-0.15, -0.1) is 0 Å². The number of rotatable bonds is 13. The second-order valence-corrected chi connectivity index (χ2v) is 11.8. The first-order chi connectivity index (χ1) is 17.6. The van der Waals surface area contributed by atoms with Crippen LogP contribution in [0, 0.1) is 0 Å². The number of carboxylic acid groups (broad SMARTS) is 1. The third-order valence-electron chi connectivity index (χ3n) is 8.21. The Labute approximate surface area is 223 Å². The van der Waals surface area contributed by atoms with E-state index in [9.17, 15) is 9.90 Å². The zero-order valence-electron chi connectivity index (χ0n) is 23.2. The maximum Gasteiger partial charge on any atom is 0.335 e. The summed E-state index contributed by atoms with van der Waals surface area (Å²) in [7, 11) is 1.82. The number of hydrogen-bond donors (Lipinski definition) is 1. The lowest BCUT2D eigenvalue weighted by molar-refractivity contribution is -0.0223. The van der Waals surface area contributed by atoms with Crippen molar-refractivity contribution in [3.05, 3.63) is 70.8 Å². The number of carbonyl (C=O) groups is 1. The fourth-order valence-electron chi connectivity index (χ4n) is 5.85. The largest absolute Gasteiger partial charge is 0.487 e. The number of hydrogen-bond acceptors (Lipinski definition) is 3. The Balaban J connectivity index is 1.38. The van der Waals surface area contributed by atoms with Crippen molar-refractivity contribution >= 4 is 11.5 Å². The molecule has 1 fully saturated rings. The van der Waals surface area contributed by atoms with E-state index in [2.05, 4.69) is 39.5 Å². The molecule has 200 valence electrons. The molecule has 4 nitrogen and oxygen atoms in total. The summed E-state index contributed by atoms with van der Waals surface area (Å²) in [6.07, 6.45) is 11.8. The first kappa shape index (κ1) is 27.4. The molecule has 0 saturated heterocycles. The molecule has 2 aliphatic rings. The number of fused-ring (bicyclic) bond motifs is 1. The van der Waals surface area contributed by atoms with Crippen LogP contribution in [0.1, 0.15) is 117 Å². The Morgan fingerprint density at radius 3 is 2.46 bits per heavy atom. The summed E-state index contributed by atoms with van der Waals surface area (Å²) in [5, 5.41) is 9.19. The second kappa shape index (κ2) is 11.4. The number of ether oxygens (including phenoxy) is 2. The third kappa shape index (κ3) is 6.84. The Morgan fingerprint density at radius 2 is 1.84 bits per heavy atom. The van der Waals surface area contributed by atoms with Crippen LogP contribution in [-0.2, 0) is 17.6 Å². The zero-order valence-corrected chi connectivity index (χ0v) is 23.2. The summed E-state index contributed by atoms with van der Waals surface area (Å²) >= 11 is 0. The van der Waals surface area contributed by atoms with Gasteiger partial charge >= 0.3 is 5.97 Å². The molecule has 4 heteroatoms. The van der Waals surface area contributed by atoms with Gasteiger partial charge in [-0.25, -0.2) is 4.79 Å². The molecular formula is C33H44O4. The molecule has 1 aliphatic carbocycles. The van der Waals surface area contributed by atoms with E-state index in [4.69, 9.17) is 9.47 Å². The maximum absolute atomic E-state index is 11.2. The van der Waals surface area contributed by atoms with Gasteiger partial charge < -0.3 is 14.6 Å². The molecule has 1 N–H and O–H groups in total. The number of aromatic carboxylic acids is 1. The highest BCUT2D eigenvalue weighted by Crippen LogP contribution is 2.48. The molecule has 1 heterocycles. The van der Waals surface area contributed by atoms with Crippen LogP contribution >= 0.6 is 0 Å². The molecular weight excluding hydrogens is 460 g/mol. The normalized spacial score (nSPS) is 17.9. The maximum atomic E-state index is 11.2. The van der Waals surface area contributed by atoms with Crippen molar-refractivity contribution < 1.29 is 19.4 Å². The lowest BCUT2D eigenvalue weighted by atomic mass is 9.83. The predicted molar refractivity (Wildman–Crippen MR) is 151 cm³/mol. The van der Waals surface area contributed by atoms with E-state index in [1.807, 2.05) is 19.2 Å². The number of carboxylic acids is 1. The summed E-state index contributed by atoms with van der Waals surface area (Å²) < 4.78 is 12.6. The Morgan fingerprint density at radius 1 is 1.14 bits per heavy atom. The smallest absolute Gasteiger partial charge is 0.335 e. The van der Waals surface area contributed by atoms with Gasteiger partial charge in [-0.2, -0.15) is 0 Å². The molecule has 1 aliphatic heterocycles. The summed E-state index contributed by atoms with van der Waals surface area (Å²) in [6, 6.07) is 11.8. The SMILES string of the molecule is C=C(CC(CCC)(CCCCc1cc2c(c(C3CC3)c1)OC(C)(C)CC2)OC)c1ccc(C(=O)O)cc1. The van der Waals surface area contributed by atoms with E-state index < -0.39 is 5.97 Å². The molecule has 0 radical (unpaired) electrons. The lowest BCUT2D eigenvalue weighted by Gasteiger charge is -2.34. The van der Waals surface area contributed by atoms with Crippen LogP contribution in [0.4, 0.5) is 0 Å². The summed E-state index contributed by atoms with van der Waals surface area (Å²) in [5.41, 5.74) is 6.27. The average molecular weight is 505 g/mol. The lowest BCUT2D eigenvalue weighted by Crippen LogP contribution is -2.33. The monoisotopic (exact) mass is 504 g/mol. The Hall–Kier alpha value is -2.59. The van der Waals surface area contributed by atoms with Gasteiger partial charge in [0, 0.05) is 13.5 Å². The van der Waals surface area contributed by atoms with Gasteiger partial charge in [0.2, 0.25) is 0 Å². The van der Waals surface area contributed by atoms with E-state index in [0.717, 1.165) is 68.9 Å². The van der Waals surface area contributed by atoms with E-state index >= 15 is 0 Å². The number of aryl methyl sites for hydroxylation is 2. The minimum atomic E-state index is -0.908. The fraction of sp³-hybridized carbons (Fsp3) is 0.545. The van der Waals surface area contributed by atoms with Gasteiger partial charge in [0.05, 0.1) is 11.2 Å². The highest BCUT2D eigenvalue weighted by Gasteiger charge is 2.34. The van der Waals surface area contributed by atoms with Gasteiger partial charge in [0.1, 0.15) is 11.4 Å². The van der Waals surface area contributed by atoms with Crippen LogP contribution in [0.15, 0.2) is 43.0 Å². The Bertz CT molecular complexity index is 1110. The summed E-state index contributed by atoms with van der Waals surface area (Å²) in [4.78, 5) is 11.2. The summed E-state index contributed by atoms with van der Waals surface area (Å²) in [6.45, 7) is 11.0. The van der Waals surface area contributed by atoms with E-state index in [-0.39, 0.29) is 11.2 Å². The minimum absolute atomic E-state index is 0.0662. The average Bonchev–Trinajstić information content (AvgIpc) is 3.71.